The largest absolute Gasteiger partial charge is 0.481 e. The van der Waals surface area contributed by atoms with Gasteiger partial charge in [0, 0.05) is 20.0 Å². The molecule has 1 amide bonds. The molecule has 0 aromatic rings. The van der Waals surface area contributed by atoms with E-state index in [9.17, 15) is 9.59 Å². The van der Waals surface area contributed by atoms with Crippen LogP contribution in [0.2, 0.25) is 0 Å². The Morgan fingerprint density at radius 3 is 2.45 bits per heavy atom. The van der Waals surface area contributed by atoms with Crippen LogP contribution in [0.1, 0.15) is 6.92 Å². The van der Waals surface area contributed by atoms with Crippen molar-refractivity contribution in [3.8, 4) is 0 Å². The highest BCUT2D eigenvalue weighted by Crippen LogP contribution is 1.90. The molecule has 0 heterocycles. The van der Waals surface area contributed by atoms with Crippen molar-refractivity contribution in [2.75, 3.05) is 13.1 Å². The number of carboxylic acid groups (broad SMARTS) is 1. The van der Waals surface area contributed by atoms with Crippen LogP contribution in [0.25, 0.3) is 0 Å². The second kappa shape index (κ2) is 4.68. The third-order valence-corrected chi connectivity index (χ3v) is 1.23. The van der Waals surface area contributed by atoms with E-state index in [0.717, 1.165) is 0 Å². The van der Waals surface area contributed by atoms with Crippen molar-refractivity contribution >= 4 is 11.9 Å². The number of aliphatic carboxylic acids is 1. The number of carbonyl (C=O) groups is 2. The fourth-order valence-electron chi connectivity index (χ4n) is 0.538. The number of hydrogen-bond donors (Lipinski definition) is 3. The Hall–Kier alpha value is -1.10. The molecule has 0 radical (unpaired) electrons. The van der Waals surface area contributed by atoms with Gasteiger partial charge in [0.15, 0.2) is 0 Å². The van der Waals surface area contributed by atoms with E-state index in [4.69, 9.17) is 10.8 Å². The van der Waals surface area contributed by atoms with Crippen LogP contribution >= 0.6 is 0 Å². The molecule has 0 aliphatic carbocycles. The maximum absolute atomic E-state index is 10.3. The van der Waals surface area contributed by atoms with E-state index in [-0.39, 0.29) is 19.0 Å². The topological polar surface area (TPSA) is 92.4 Å². The second-order valence-corrected chi connectivity index (χ2v) is 2.21. The summed E-state index contributed by atoms with van der Waals surface area (Å²) in [4.78, 5) is 20.7. The van der Waals surface area contributed by atoms with E-state index >= 15 is 0 Å². The SMILES string of the molecule is CC(=O)NCC(CN)C(=O)O. The van der Waals surface area contributed by atoms with Gasteiger partial charge in [0.1, 0.15) is 0 Å². The fourth-order valence-corrected chi connectivity index (χ4v) is 0.538. The molecule has 0 aliphatic rings. The van der Waals surface area contributed by atoms with Crippen molar-refractivity contribution in [2.45, 2.75) is 6.92 Å². The first-order chi connectivity index (χ1) is 5.07. The number of hydrogen-bond acceptors (Lipinski definition) is 3. The molecule has 1 atom stereocenters. The standard InChI is InChI=1S/C6H12N2O3/c1-4(9)8-3-5(2-7)6(10)11/h5H,2-3,7H2,1H3,(H,8,9)(H,10,11). The normalized spacial score (nSPS) is 12.2. The molecule has 0 saturated heterocycles. The average molecular weight is 160 g/mol. The van der Waals surface area contributed by atoms with Crippen molar-refractivity contribution in [3.63, 3.8) is 0 Å². The van der Waals surface area contributed by atoms with Gasteiger partial charge >= 0.3 is 5.97 Å². The van der Waals surface area contributed by atoms with Gasteiger partial charge < -0.3 is 16.2 Å². The summed E-state index contributed by atoms with van der Waals surface area (Å²) in [5, 5.41) is 10.8. The van der Waals surface area contributed by atoms with Gasteiger partial charge in [-0.15, -0.1) is 0 Å². The number of carboxylic acids is 1. The average Bonchev–Trinajstić information content (AvgIpc) is 1.87. The monoisotopic (exact) mass is 160 g/mol. The first kappa shape index (κ1) is 9.90. The molecule has 0 aliphatic heterocycles. The van der Waals surface area contributed by atoms with Crippen LogP contribution in [0.4, 0.5) is 0 Å². The van der Waals surface area contributed by atoms with Gasteiger partial charge in [0.2, 0.25) is 5.91 Å². The molecule has 0 fully saturated rings. The Morgan fingerprint density at radius 2 is 2.18 bits per heavy atom. The molecule has 0 aromatic heterocycles. The maximum atomic E-state index is 10.3. The molecule has 64 valence electrons. The Kier molecular flexibility index (Phi) is 4.21. The quantitative estimate of drug-likeness (QED) is 0.480. The second-order valence-electron chi connectivity index (χ2n) is 2.21. The zero-order valence-electron chi connectivity index (χ0n) is 6.33. The molecule has 0 saturated carbocycles. The van der Waals surface area contributed by atoms with Gasteiger partial charge in [-0.05, 0) is 0 Å². The summed E-state index contributed by atoms with van der Waals surface area (Å²) in [6, 6.07) is 0. The number of nitrogens with one attached hydrogen (secondary N) is 1. The minimum absolute atomic E-state index is 0.0373. The minimum Gasteiger partial charge on any atom is -0.481 e. The van der Waals surface area contributed by atoms with Crippen molar-refractivity contribution < 1.29 is 14.7 Å². The smallest absolute Gasteiger partial charge is 0.309 e. The number of carbonyl (C=O) groups excluding carboxylic acids is 1. The summed E-state index contributed by atoms with van der Waals surface area (Å²) >= 11 is 0. The van der Waals surface area contributed by atoms with Crippen LogP contribution < -0.4 is 11.1 Å². The van der Waals surface area contributed by atoms with Crippen LogP contribution in [-0.4, -0.2) is 30.1 Å². The van der Waals surface area contributed by atoms with Crippen molar-refractivity contribution in [2.24, 2.45) is 11.7 Å². The van der Waals surface area contributed by atoms with Gasteiger partial charge in [-0.2, -0.15) is 0 Å². The third kappa shape index (κ3) is 4.32. The molecule has 1 unspecified atom stereocenters. The maximum Gasteiger partial charge on any atom is 0.309 e. The van der Waals surface area contributed by atoms with Crippen LogP contribution in [-0.2, 0) is 9.59 Å². The number of nitrogens with two attached hydrogens (primary N) is 1. The molecule has 5 nitrogen and oxygen atoms in total. The van der Waals surface area contributed by atoms with E-state index in [1.165, 1.54) is 6.92 Å². The highest BCUT2D eigenvalue weighted by molar-refractivity contribution is 5.75. The van der Waals surface area contributed by atoms with Crippen LogP contribution in [0, 0.1) is 5.92 Å². The number of amides is 1. The van der Waals surface area contributed by atoms with Crippen LogP contribution in [0.3, 0.4) is 0 Å². The van der Waals surface area contributed by atoms with E-state index in [1.807, 2.05) is 0 Å². The molecular formula is C6H12N2O3. The Balaban J connectivity index is 3.70. The summed E-state index contributed by atoms with van der Waals surface area (Å²) < 4.78 is 0. The molecular weight excluding hydrogens is 148 g/mol. The van der Waals surface area contributed by atoms with Gasteiger partial charge in [-0.3, -0.25) is 9.59 Å². The lowest BCUT2D eigenvalue weighted by molar-refractivity contribution is -0.141. The zero-order valence-corrected chi connectivity index (χ0v) is 6.33. The van der Waals surface area contributed by atoms with E-state index in [2.05, 4.69) is 5.32 Å². The molecule has 5 heteroatoms. The molecule has 0 bridgehead atoms. The summed E-state index contributed by atoms with van der Waals surface area (Å²) in [6.07, 6.45) is 0. The molecule has 0 aromatic carbocycles. The van der Waals surface area contributed by atoms with Gasteiger partial charge in [-0.25, -0.2) is 0 Å². The lowest BCUT2D eigenvalue weighted by atomic mass is 10.1. The Bertz CT molecular complexity index is 158. The van der Waals surface area contributed by atoms with Gasteiger partial charge in [-0.1, -0.05) is 0 Å². The Morgan fingerprint density at radius 1 is 1.64 bits per heavy atom. The van der Waals surface area contributed by atoms with E-state index in [1.54, 1.807) is 0 Å². The molecule has 4 N–H and O–H groups in total. The fraction of sp³-hybridized carbons (Fsp3) is 0.667. The summed E-state index contributed by atoms with van der Waals surface area (Å²) in [7, 11) is 0. The van der Waals surface area contributed by atoms with Gasteiger partial charge in [0.05, 0.1) is 5.92 Å². The predicted octanol–water partition coefficient (Wildman–Crippen LogP) is -1.22. The molecule has 11 heavy (non-hydrogen) atoms. The third-order valence-electron chi connectivity index (χ3n) is 1.23. The predicted molar refractivity (Wildman–Crippen MR) is 38.9 cm³/mol. The summed E-state index contributed by atoms with van der Waals surface area (Å²) in [6.45, 7) is 1.46. The van der Waals surface area contributed by atoms with Gasteiger partial charge in [0.25, 0.3) is 0 Å². The highest BCUT2D eigenvalue weighted by atomic mass is 16.4. The van der Waals surface area contributed by atoms with Crippen molar-refractivity contribution in [1.82, 2.24) is 5.32 Å². The highest BCUT2D eigenvalue weighted by Gasteiger charge is 2.14. The molecule has 0 spiro atoms. The van der Waals surface area contributed by atoms with Crippen molar-refractivity contribution in [1.29, 1.82) is 0 Å². The molecule has 0 rings (SSSR count). The first-order valence-electron chi connectivity index (χ1n) is 3.25. The lowest BCUT2D eigenvalue weighted by Crippen LogP contribution is -2.35. The summed E-state index contributed by atoms with van der Waals surface area (Å²) in [5.74, 6) is -1.91. The van der Waals surface area contributed by atoms with E-state index in [0.29, 0.717) is 0 Å². The van der Waals surface area contributed by atoms with Crippen LogP contribution in [0.5, 0.6) is 0 Å². The minimum atomic E-state index is -0.985. The summed E-state index contributed by atoms with van der Waals surface area (Å²) in [5.41, 5.74) is 5.13. The number of rotatable bonds is 4. The zero-order chi connectivity index (χ0) is 8.85. The Labute approximate surface area is 64.6 Å². The van der Waals surface area contributed by atoms with Crippen molar-refractivity contribution in [3.05, 3.63) is 0 Å². The van der Waals surface area contributed by atoms with E-state index < -0.39 is 11.9 Å². The first-order valence-corrected chi connectivity index (χ1v) is 3.25. The van der Waals surface area contributed by atoms with Crippen LogP contribution in [0.15, 0.2) is 0 Å². The lowest BCUT2D eigenvalue weighted by Gasteiger charge is -2.08.